The van der Waals surface area contributed by atoms with E-state index in [9.17, 15) is 26.3 Å². The second kappa shape index (κ2) is 5.39. The lowest BCUT2D eigenvalue weighted by atomic mass is 10.9. The van der Waals surface area contributed by atoms with Crippen LogP contribution < -0.4 is 0 Å². The molecule has 0 aliphatic carbocycles. The maximum absolute atomic E-state index is 13.0. The van der Waals surface area contributed by atoms with Crippen LogP contribution in [-0.4, -0.2) is 8.07 Å². The Labute approximate surface area is 84.3 Å². The molecule has 0 amide bonds. The van der Waals surface area contributed by atoms with Crippen LogP contribution >= 0.6 is 0 Å². The molecule has 0 nitrogen and oxygen atoms in total. The van der Waals surface area contributed by atoms with E-state index >= 15 is 0 Å². The van der Waals surface area contributed by atoms with E-state index < -0.39 is 31.1 Å². The Morgan fingerprint density at radius 1 is 0.733 bits per heavy atom. The van der Waals surface area contributed by atoms with Crippen molar-refractivity contribution >= 4 is 8.07 Å². The predicted molar refractivity (Wildman–Crippen MR) is 47.4 cm³/mol. The normalized spacial score (nSPS) is 11.2. The van der Waals surface area contributed by atoms with Gasteiger partial charge >= 0.3 is 0 Å². The van der Waals surface area contributed by atoms with E-state index in [4.69, 9.17) is 0 Å². The highest BCUT2D eigenvalue weighted by Crippen LogP contribution is 2.37. The first-order chi connectivity index (χ1) is 6.83. The first kappa shape index (κ1) is 14.3. The average molecular weight is 248 g/mol. The summed E-state index contributed by atoms with van der Waals surface area (Å²) in [4.78, 5) is 0. The number of rotatable bonds is 4. The second-order valence-electron chi connectivity index (χ2n) is 2.94. The van der Waals surface area contributed by atoms with Crippen LogP contribution in [0.3, 0.4) is 0 Å². The molecule has 0 bridgehead atoms. The van der Waals surface area contributed by atoms with Crippen LogP contribution in [0, 0.1) is 0 Å². The first-order valence-electron chi connectivity index (χ1n) is 4.26. The summed E-state index contributed by atoms with van der Waals surface area (Å²) in [6.45, 7) is 2.45. The summed E-state index contributed by atoms with van der Waals surface area (Å²) < 4.78 is 74.2. The summed E-state index contributed by atoms with van der Waals surface area (Å²) in [7, 11) is -4.15. The van der Waals surface area contributed by atoms with E-state index in [-0.39, 0.29) is 12.1 Å². The SMILES string of the molecule is CC[Si](CC)(C(F)=C(F)F)C(F)=C(F)F. The minimum atomic E-state index is -4.15. The fourth-order valence-corrected chi connectivity index (χ4v) is 3.99. The van der Waals surface area contributed by atoms with Crippen molar-refractivity contribution < 1.29 is 26.3 Å². The standard InChI is InChI=1S/C8H10F6Si/c1-3-15(4-2,7(13)5(9)10)8(14)6(11)12/h3-4H2,1-2H3. The van der Waals surface area contributed by atoms with Crippen molar-refractivity contribution in [2.75, 3.05) is 0 Å². The Bertz CT molecular complexity index is 258. The summed E-state index contributed by atoms with van der Waals surface area (Å²) >= 11 is 0. The first-order valence-corrected chi connectivity index (χ1v) is 6.67. The zero-order valence-electron chi connectivity index (χ0n) is 8.18. The zero-order chi connectivity index (χ0) is 12.2. The molecule has 0 N–H and O–H groups in total. The third kappa shape index (κ3) is 2.64. The highest BCUT2D eigenvalue weighted by molar-refractivity contribution is 6.91. The smallest absolute Gasteiger partial charge is 0.211 e. The minimum Gasteiger partial charge on any atom is -0.211 e. The van der Waals surface area contributed by atoms with Gasteiger partial charge in [0.15, 0.2) is 10.9 Å². The Morgan fingerprint density at radius 2 is 1.00 bits per heavy atom. The Kier molecular flexibility index (Phi) is 5.13. The lowest BCUT2D eigenvalue weighted by Crippen LogP contribution is -2.36. The Hall–Kier alpha value is -0.723. The maximum Gasteiger partial charge on any atom is 0.297 e. The minimum absolute atomic E-state index is 0.365. The lowest BCUT2D eigenvalue weighted by Gasteiger charge is -2.23. The van der Waals surface area contributed by atoms with Gasteiger partial charge in [0.25, 0.3) is 12.2 Å². The molecule has 0 saturated carbocycles. The van der Waals surface area contributed by atoms with E-state index in [1.54, 1.807) is 0 Å². The van der Waals surface area contributed by atoms with Gasteiger partial charge in [0.2, 0.25) is 8.07 Å². The largest absolute Gasteiger partial charge is 0.297 e. The summed E-state index contributed by atoms with van der Waals surface area (Å²) in [5.74, 6) is 0. The van der Waals surface area contributed by atoms with Gasteiger partial charge in [-0.15, -0.1) is 0 Å². The van der Waals surface area contributed by atoms with E-state index in [0.29, 0.717) is 0 Å². The van der Waals surface area contributed by atoms with Crippen molar-refractivity contribution in [3.05, 3.63) is 23.1 Å². The lowest BCUT2D eigenvalue weighted by molar-refractivity contribution is 0.381. The Balaban J connectivity index is 5.66. The van der Waals surface area contributed by atoms with E-state index in [1.807, 2.05) is 0 Å². The van der Waals surface area contributed by atoms with Gasteiger partial charge in [-0.05, 0) is 12.1 Å². The molecule has 0 atom stereocenters. The molecule has 0 rings (SSSR count). The molecule has 7 heteroatoms. The highest BCUT2D eigenvalue weighted by Gasteiger charge is 2.45. The van der Waals surface area contributed by atoms with Crippen LogP contribution in [0.25, 0.3) is 0 Å². The van der Waals surface area contributed by atoms with Gasteiger partial charge in [0, 0.05) is 0 Å². The molecule has 0 radical (unpaired) electrons. The van der Waals surface area contributed by atoms with Crippen LogP contribution in [0.4, 0.5) is 26.3 Å². The number of hydrogen-bond acceptors (Lipinski definition) is 0. The van der Waals surface area contributed by atoms with Gasteiger partial charge < -0.3 is 0 Å². The highest BCUT2D eigenvalue weighted by atomic mass is 28.3. The maximum atomic E-state index is 13.0. The molecule has 0 spiro atoms. The molecule has 0 heterocycles. The zero-order valence-corrected chi connectivity index (χ0v) is 9.18. The van der Waals surface area contributed by atoms with E-state index in [1.165, 1.54) is 13.8 Å². The van der Waals surface area contributed by atoms with Gasteiger partial charge in [0.05, 0.1) is 0 Å². The van der Waals surface area contributed by atoms with Crippen molar-refractivity contribution in [1.82, 2.24) is 0 Å². The van der Waals surface area contributed by atoms with Gasteiger partial charge in [-0.2, -0.15) is 17.6 Å². The van der Waals surface area contributed by atoms with Crippen LogP contribution in [0.5, 0.6) is 0 Å². The summed E-state index contributed by atoms with van der Waals surface area (Å²) in [6, 6.07) is -0.730. The summed E-state index contributed by atoms with van der Waals surface area (Å²) in [5.41, 5.74) is -3.98. The van der Waals surface area contributed by atoms with Crippen molar-refractivity contribution in [3.63, 3.8) is 0 Å². The molecule has 0 saturated heterocycles. The summed E-state index contributed by atoms with van der Waals surface area (Å²) in [5, 5.41) is 0. The molecule has 88 valence electrons. The van der Waals surface area contributed by atoms with Crippen LogP contribution in [-0.2, 0) is 0 Å². The Morgan fingerprint density at radius 3 is 1.13 bits per heavy atom. The third-order valence-electron chi connectivity index (χ3n) is 2.38. The molecule has 0 aromatic carbocycles. The van der Waals surface area contributed by atoms with Crippen LogP contribution in [0.1, 0.15) is 13.8 Å². The van der Waals surface area contributed by atoms with Crippen molar-refractivity contribution in [2.45, 2.75) is 25.9 Å². The quantitative estimate of drug-likeness (QED) is 0.499. The van der Waals surface area contributed by atoms with Gasteiger partial charge in [-0.25, -0.2) is 8.78 Å². The molecule has 0 aliphatic rings. The van der Waals surface area contributed by atoms with E-state index in [0.717, 1.165) is 0 Å². The van der Waals surface area contributed by atoms with Gasteiger partial charge in [0.1, 0.15) is 0 Å². The van der Waals surface area contributed by atoms with Gasteiger partial charge in [-0.1, -0.05) is 13.8 Å². The third-order valence-corrected chi connectivity index (χ3v) is 6.85. The molecule has 0 aromatic heterocycles. The molecule has 0 aliphatic heterocycles. The predicted octanol–water partition coefficient (Wildman–Crippen LogP) is 4.71. The molecule has 0 aromatic rings. The van der Waals surface area contributed by atoms with Crippen molar-refractivity contribution in [3.8, 4) is 0 Å². The average Bonchev–Trinajstić information content (AvgIpc) is 2.19. The molecular weight excluding hydrogens is 238 g/mol. The van der Waals surface area contributed by atoms with Crippen molar-refractivity contribution in [1.29, 1.82) is 0 Å². The summed E-state index contributed by atoms with van der Waals surface area (Å²) in [6.07, 6.45) is -5.41. The molecule has 0 fully saturated rings. The van der Waals surface area contributed by atoms with Gasteiger partial charge in [-0.3, -0.25) is 0 Å². The number of halogens is 6. The van der Waals surface area contributed by atoms with Crippen LogP contribution in [0.15, 0.2) is 23.1 Å². The second-order valence-corrected chi connectivity index (χ2v) is 7.39. The fourth-order valence-electron chi connectivity index (χ4n) is 1.33. The molecular formula is C8H10F6Si. The topological polar surface area (TPSA) is 0 Å². The van der Waals surface area contributed by atoms with Crippen LogP contribution in [0.2, 0.25) is 12.1 Å². The molecule has 15 heavy (non-hydrogen) atoms. The monoisotopic (exact) mass is 248 g/mol. The van der Waals surface area contributed by atoms with E-state index in [2.05, 4.69) is 0 Å². The molecule has 0 unspecified atom stereocenters. The fraction of sp³-hybridized carbons (Fsp3) is 0.500. The van der Waals surface area contributed by atoms with Crippen molar-refractivity contribution in [2.24, 2.45) is 0 Å². The number of hydrogen-bond donors (Lipinski definition) is 0.